The van der Waals surface area contributed by atoms with Gasteiger partial charge in [0.25, 0.3) is 11.6 Å². The van der Waals surface area contributed by atoms with E-state index in [-0.39, 0.29) is 16.3 Å². The van der Waals surface area contributed by atoms with Gasteiger partial charge in [0.15, 0.2) is 6.10 Å². The Morgan fingerprint density at radius 2 is 1.73 bits per heavy atom. The van der Waals surface area contributed by atoms with Crippen LogP contribution in [-0.4, -0.2) is 22.9 Å². The summed E-state index contributed by atoms with van der Waals surface area (Å²) in [6, 6.07) is 7.75. The van der Waals surface area contributed by atoms with Crippen LogP contribution in [0.25, 0.3) is 0 Å². The fraction of sp³-hybridized carbons (Fsp3) is 0.125. The number of ether oxygens (including phenoxy) is 1. The summed E-state index contributed by atoms with van der Waals surface area (Å²) in [5.74, 6) is -1.51. The van der Waals surface area contributed by atoms with Crippen LogP contribution in [0.5, 0.6) is 0 Å². The first-order chi connectivity index (χ1) is 12.2. The number of hydrogen-bond donors (Lipinski definition) is 1. The summed E-state index contributed by atoms with van der Waals surface area (Å²) in [5, 5.41) is 13.7. The molecule has 0 radical (unpaired) electrons. The van der Waals surface area contributed by atoms with Crippen molar-refractivity contribution in [2.24, 2.45) is 0 Å². The molecule has 1 unspecified atom stereocenters. The third kappa shape index (κ3) is 5.08. The summed E-state index contributed by atoms with van der Waals surface area (Å²) < 4.78 is 5.04. The molecule has 0 saturated carbocycles. The minimum atomic E-state index is -1.16. The van der Waals surface area contributed by atoms with Crippen molar-refractivity contribution in [1.82, 2.24) is 0 Å². The number of nitro benzene ring substituents is 1. The molecule has 0 aliphatic carbocycles. The zero-order valence-corrected chi connectivity index (χ0v) is 15.4. The van der Waals surface area contributed by atoms with E-state index in [1.54, 1.807) is 0 Å². The van der Waals surface area contributed by atoms with E-state index in [2.05, 4.69) is 5.32 Å². The molecule has 0 aliphatic rings. The molecule has 7 nitrogen and oxygen atoms in total. The van der Waals surface area contributed by atoms with E-state index in [1.807, 2.05) is 0 Å². The highest BCUT2D eigenvalue weighted by Gasteiger charge is 2.22. The largest absolute Gasteiger partial charge is 0.449 e. The Labute approximate surface area is 162 Å². The number of nitrogens with zero attached hydrogens (tertiary/aromatic N) is 1. The summed E-state index contributed by atoms with van der Waals surface area (Å²) in [6.07, 6.45) is -1.16. The molecule has 26 heavy (non-hydrogen) atoms. The van der Waals surface area contributed by atoms with Gasteiger partial charge in [-0.3, -0.25) is 14.9 Å². The van der Waals surface area contributed by atoms with Gasteiger partial charge >= 0.3 is 5.97 Å². The van der Waals surface area contributed by atoms with Gasteiger partial charge < -0.3 is 10.1 Å². The number of nitrogens with one attached hydrogen (secondary N) is 1. The van der Waals surface area contributed by atoms with E-state index in [0.717, 1.165) is 18.2 Å². The zero-order valence-electron chi connectivity index (χ0n) is 13.2. The monoisotopic (exact) mass is 416 g/mol. The van der Waals surface area contributed by atoms with Gasteiger partial charge in [-0.15, -0.1) is 0 Å². The van der Waals surface area contributed by atoms with Crippen molar-refractivity contribution in [3.05, 3.63) is 67.1 Å². The highest BCUT2D eigenvalue weighted by molar-refractivity contribution is 6.35. The number of non-ortho nitro benzene ring substituents is 1. The normalized spacial score (nSPS) is 11.5. The van der Waals surface area contributed by atoms with Crippen molar-refractivity contribution in [3.63, 3.8) is 0 Å². The highest BCUT2D eigenvalue weighted by Crippen LogP contribution is 2.24. The molecule has 0 spiro atoms. The lowest BCUT2D eigenvalue weighted by atomic mass is 10.2. The molecule has 0 saturated heterocycles. The Morgan fingerprint density at radius 3 is 2.27 bits per heavy atom. The third-order valence-corrected chi connectivity index (χ3v) is 3.92. The number of anilines is 1. The van der Waals surface area contributed by atoms with Crippen LogP contribution in [0, 0.1) is 10.1 Å². The van der Waals surface area contributed by atoms with Crippen LogP contribution in [0.15, 0.2) is 36.4 Å². The average Bonchev–Trinajstić information content (AvgIpc) is 2.53. The summed E-state index contributed by atoms with van der Waals surface area (Å²) in [5.41, 5.74) is -0.0262. The number of amides is 1. The van der Waals surface area contributed by atoms with Crippen molar-refractivity contribution in [2.75, 3.05) is 5.32 Å². The van der Waals surface area contributed by atoms with E-state index in [0.29, 0.717) is 15.7 Å². The smallest absolute Gasteiger partial charge is 0.340 e. The molecule has 0 aliphatic heterocycles. The number of carbonyl (C=O) groups excluding carboxylic acids is 2. The Morgan fingerprint density at radius 1 is 1.12 bits per heavy atom. The van der Waals surface area contributed by atoms with E-state index in [9.17, 15) is 19.7 Å². The molecule has 136 valence electrons. The van der Waals surface area contributed by atoms with Crippen LogP contribution >= 0.6 is 34.8 Å². The van der Waals surface area contributed by atoms with E-state index in [4.69, 9.17) is 39.5 Å². The fourth-order valence-corrected chi connectivity index (χ4v) is 2.71. The molecular formula is C16H11Cl3N2O5. The second kappa shape index (κ2) is 8.35. The summed E-state index contributed by atoms with van der Waals surface area (Å²) in [7, 11) is 0. The second-order valence-corrected chi connectivity index (χ2v) is 6.40. The second-order valence-electron chi connectivity index (χ2n) is 5.12. The van der Waals surface area contributed by atoms with Gasteiger partial charge in [-0.05, 0) is 31.2 Å². The molecule has 0 bridgehead atoms. The molecule has 0 heterocycles. The quantitative estimate of drug-likeness (QED) is 0.430. The predicted molar refractivity (Wildman–Crippen MR) is 98.1 cm³/mol. The minimum Gasteiger partial charge on any atom is -0.449 e. The van der Waals surface area contributed by atoms with Gasteiger partial charge in [0.1, 0.15) is 0 Å². The number of halogens is 3. The third-order valence-electron chi connectivity index (χ3n) is 3.17. The zero-order chi connectivity index (χ0) is 19.4. The number of benzene rings is 2. The molecule has 0 fully saturated rings. The number of esters is 1. The molecule has 2 aromatic carbocycles. The first-order valence-corrected chi connectivity index (χ1v) is 8.22. The Kier molecular flexibility index (Phi) is 6.42. The van der Waals surface area contributed by atoms with Gasteiger partial charge in [-0.1, -0.05) is 34.8 Å². The molecule has 2 aromatic rings. The number of hydrogen-bond acceptors (Lipinski definition) is 5. The van der Waals surface area contributed by atoms with Crippen LogP contribution in [0.4, 0.5) is 11.4 Å². The highest BCUT2D eigenvalue weighted by atomic mass is 35.5. The standard InChI is InChI=1S/C16H11Cl3N2O5/c1-8(15(22)20-11-5-9(17)4-10(18)6-11)26-16(23)13-3-2-12(21(24)25)7-14(13)19/h2-8H,1H3,(H,20,22). The van der Waals surface area contributed by atoms with Crippen LogP contribution < -0.4 is 5.32 Å². The molecule has 1 atom stereocenters. The molecule has 2 rings (SSSR count). The average molecular weight is 418 g/mol. The number of rotatable bonds is 5. The summed E-state index contributed by atoms with van der Waals surface area (Å²) in [4.78, 5) is 34.3. The van der Waals surface area contributed by atoms with E-state index in [1.165, 1.54) is 25.1 Å². The molecule has 1 N–H and O–H groups in total. The molecular weight excluding hydrogens is 407 g/mol. The van der Waals surface area contributed by atoms with Gasteiger partial charge in [-0.2, -0.15) is 0 Å². The van der Waals surface area contributed by atoms with Crippen molar-refractivity contribution < 1.29 is 19.2 Å². The molecule has 0 aromatic heterocycles. The molecule has 10 heteroatoms. The van der Waals surface area contributed by atoms with Gasteiger partial charge in [-0.25, -0.2) is 4.79 Å². The predicted octanol–water partition coefficient (Wildman–Crippen LogP) is 4.74. The maximum atomic E-state index is 12.1. The van der Waals surface area contributed by atoms with E-state index < -0.39 is 22.9 Å². The summed E-state index contributed by atoms with van der Waals surface area (Å²) >= 11 is 17.6. The Hall–Kier alpha value is -2.35. The minimum absolute atomic E-state index is 0.0947. The van der Waals surface area contributed by atoms with Gasteiger partial charge in [0, 0.05) is 27.9 Å². The maximum absolute atomic E-state index is 12.1. The lowest BCUT2D eigenvalue weighted by molar-refractivity contribution is -0.384. The van der Waals surface area contributed by atoms with Crippen molar-refractivity contribution in [1.29, 1.82) is 0 Å². The van der Waals surface area contributed by atoms with E-state index >= 15 is 0 Å². The van der Waals surface area contributed by atoms with Gasteiger partial charge in [0.2, 0.25) is 0 Å². The van der Waals surface area contributed by atoms with Crippen molar-refractivity contribution >= 4 is 58.1 Å². The first kappa shape index (κ1) is 20.0. The number of carbonyl (C=O) groups is 2. The van der Waals surface area contributed by atoms with Crippen LogP contribution in [-0.2, 0) is 9.53 Å². The van der Waals surface area contributed by atoms with Crippen LogP contribution in [0.1, 0.15) is 17.3 Å². The van der Waals surface area contributed by atoms with Crippen LogP contribution in [0.3, 0.4) is 0 Å². The number of nitro groups is 1. The maximum Gasteiger partial charge on any atom is 0.340 e. The lowest BCUT2D eigenvalue weighted by Crippen LogP contribution is -2.30. The first-order valence-electron chi connectivity index (χ1n) is 7.09. The van der Waals surface area contributed by atoms with Crippen molar-refractivity contribution in [2.45, 2.75) is 13.0 Å². The Bertz CT molecular complexity index is 868. The van der Waals surface area contributed by atoms with Crippen LogP contribution in [0.2, 0.25) is 15.1 Å². The Balaban J connectivity index is 2.06. The SMILES string of the molecule is CC(OC(=O)c1ccc([N+](=O)[O-])cc1Cl)C(=O)Nc1cc(Cl)cc(Cl)c1. The fourth-order valence-electron chi connectivity index (χ4n) is 1.93. The topological polar surface area (TPSA) is 98.5 Å². The molecule has 1 amide bonds. The van der Waals surface area contributed by atoms with Gasteiger partial charge in [0.05, 0.1) is 15.5 Å². The lowest BCUT2D eigenvalue weighted by Gasteiger charge is -2.14. The van der Waals surface area contributed by atoms with Crippen molar-refractivity contribution in [3.8, 4) is 0 Å². The summed E-state index contributed by atoms with van der Waals surface area (Å²) in [6.45, 7) is 1.36.